The van der Waals surface area contributed by atoms with Gasteiger partial charge in [-0.25, -0.2) is 0 Å². The number of hydrogen-bond donors (Lipinski definition) is 1. The predicted octanol–water partition coefficient (Wildman–Crippen LogP) is 2.44. The largest absolute Gasteiger partial charge is 0.411 e. The topological polar surface area (TPSA) is 32.6 Å². The molecule has 4 atom stereocenters. The zero-order valence-corrected chi connectivity index (χ0v) is 7.69. The Hall–Kier alpha value is -0.790. The van der Waals surface area contributed by atoms with Gasteiger partial charge in [0.2, 0.25) is 0 Å². The lowest BCUT2D eigenvalue weighted by Gasteiger charge is -2.32. The molecule has 0 aliphatic heterocycles. The van der Waals surface area contributed by atoms with Crippen LogP contribution < -0.4 is 0 Å². The quantitative estimate of drug-likeness (QED) is 0.344. The van der Waals surface area contributed by atoms with E-state index in [2.05, 4.69) is 17.3 Å². The first-order valence-corrected chi connectivity index (χ1v) is 5.29. The van der Waals surface area contributed by atoms with Crippen molar-refractivity contribution in [3.05, 3.63) is 12.2 Å². The van der Waals surface area contributed by atoms with Crippen LogP contribution in [0.4, 0.5) is 0 Å². The molecule has 2 nitrogen and oxygen atoms in total. The highest BCUT2D eigenvalue weighted by Gasteiger charge is 2.47. The normalized spacial score (nSPS) is 50.0. The fourth-order valence-electron chi connectivity index (χ4n) is 3.61. The lowest BCUT2D eigenvalue weighted by Crippen LogP contribution is -2.31. The molecule has 0 saturated heterocycles. The summed E-state index contributed by atoms with van der Waals surface area (Å²) in [5.41, 5.74) is 1.08. The highest BCUT2D eigenvalue weighted by molar-refractivity contribution is 5.88. The maximum Gasteiger partial charge on any atom is 0.0610 e. The van der Waals surface area contributed by atoms with Gasteiger partial charge in [0.15, 0.2) is 0 Å². The van der Waals surface area contributed by atoms with Crippen molar-refractivity contribution >= 4 is 5.71 Å². The molecule has 2 fully saturated rings. The molecular weight excluding hydrogens is 162 g/mol. The van der Waals surface area contributed by atoms with Crippen molar-refractivity contribution in [2.75, 3.05) is 0 Å². The molecular formula is C11H15NO. The van der Waals surface area contributed by atoms with E-state index >= 15 is 0 Å². The fraction of sp³-hybridized carbons (Fsp3) is 0.727. The number of rotatable bonds is 0. The zero-order valence-electron chi connectivity index (χ0n) is 7.69. The van der Waals surface area contributed by atoms with E-state index in [1.165, 1.54) is 19.3 Å². The summed E-state index contributed by atoms with van der Waals surface area (Å²) in [7, 11) is 0. The summed E-state index contributed by atoms with van der Waals surface area (Å²) < 4.78 is 0. The third-order valence-electron chi connectivity index (χ3n) is 4.11. The number of nitrogens with zero attached hydrogens (tertiary/aromatic N) is 1. The predicted molar refractivity (Wildman–Crippen MR) is 50.8 cm³/mol. The van der Waals surface area contributed by atoms with E-state index in [-0.39, 0.29) is 0 Å². The van der Waals surface area contributed by atoms with E-state index in [4.69, 9.17) is 5.21 Å². The van der Waals surface area contributed by atoms with Crippen LogP contribution in [-0.2, 0) is 0 Å². The summed E-state index contributed by atoms with van der Waals surface area (Å²) >= 11 is 0. The molecule has 0 aromatic carbocycles. The van der Waals surface area contributed by atoms with Gasteiger partial charge in [-0.15, -0.1) is 0 Å². The summed E-state index contributed by atoms with van der Waals surface area (Å²) in [5.74, 6) is 2.89. The van der Waals surface area contributed by atoms with Gasteiger partial charge in [-0.05, 0) is 43.4 Å². The number of oxime groups is 1. The van der Waals surface area contributed by atoms with Crippen LogP contribution in [0.25, 0.3) is 0 Å². The Morgan fingerprint density at radius 2 is 2.15 bits per heavy atom. The van der Waals surface area contributed by atoms with Crippen LogP contribution in [0.15, 0.2) is 17.3 Å². The summed E-state index contributed by atoms with van der Waals surface area (Å²) in [6.07, 6.45) is 9.62. The van der Waals surface area contributed by atoms with Gasteiger partial charge in [0.1, 0.15) is 0 Å². The third kappa shape index (κ3) is 0.917. The molecule has 0 heterocycles. The molecule has 70 valence electrons. The molecule has 0 amide bonds. The molecule has 0 unspecified atom stereocenters. The molecule has 0 aromatic rings. The third-order valence-corrected chi connectivity index (χ3v) is 4.11. The van der Waals surface area contributed by atoms with Crippen LogP contribution in [0, 0.1) is 23.7 Å². The highest BCUT2D eigenvalue weighted by atomic mass is 16.4. The van der Waals surface area contributed by atoms with E-state index in [0.29, 0.717) is 11.8 Å². The first-order valence-electron chi connectivity index (χ1n) is 5.29. The summed E-state index contributed by atoms with van der Waals surface area (Å²) in [4.78, 5) is 0. The average molecular weight is 177 g/mol. The first kappa shape index (κ1) is 7.60. The number of allylic oxidation sites excluding steroid dienone is 2. The molecule has 1 N–H and O–H groups in total. The molecule has 3 rings (SSSR count). The van der Waals surface area contributed by atoms with E-state index < -0.39 is 0 Å². The van der Waals surface area contributed by atoms with Crippen LogP contribution in [0.5, 0.6) is 0 Å². The van der Waals surface area contributed by atoms with Crippen molar-refractivity contribution in [3.63, 3.8) is 0 Å². The average Bonchev–Trinajstić information content (AvgIpc) is 2.77. The SMILES string of the molecule is O/N=C1\CCC[C@@H]2[C@H]1[C@@H]1C=C[C@H]2C1. The fourth-order valence-corrected chi connectivity index (χ4v) is 3.61. The minimum Gasteiger partial charge on any atom is -0.411 e. The molecule has 2 bridgehead atoms. The minimum absolute atomic E-state index is 0.591. The van der Waals surface area contributed by atoms with Crippen LogP contribution in [0.3, 0.4) is 0 Å². The van der Waals surface area contributed by atoms with Gasteiger partial charge in [-0.1, -0.05) is 17.3 Å². The summed E-state index contributed by atoms with van der Waals surface area (Å²) in [6, 6.07) is 0. The Balaban J connectivity index is 1.96. The van der Waals surface area contributed by atoms with Gasteiger partial charge >= 0.3 is 0 Å². The number of hydrogen-bond acceptors (Lipinski definition) is 2. The van der Waals surface area contributed by atoms with E-state index in [9.17, 15) is 0 Å². The van der Waals surface area contributed by atoms with Crippen molar-refractivity contribution < 1.29 is 5.21 Å². The van der Waals surface area contributed by atoms with Crippen molar-refractivity contribution in [1.29, 1.82) is 0 Å². The molecule has 3 aliphatic carbocycles. The Morgan fingerprint density at radius 1 is 1.31 bits per heavy atom. The molecule has 0 aromatic heterocycles. The van der Waals surface area contributed by atoms with Crippen LogP contribution in [0.1, 0.15) is 25.7 Å². The molecule has 0 spiro atoms. The van der Waals surface area contributed by atoms with E-state index in [1.54, 1.807) is 0 Å². The standard InChI is InChI=1S/C11H15NO/c13-12-10-3-1-2-9-7-4-5-8(6-7)11(9)10/h4-5,7-9,11,13H,1-3,6H2/b12-10+/t7-,8+,9-,11+/m0/s1. The molecule has 13 heavy (non-hydrogen) atoms. The Labute approximate surface area is 78.3 Å². The number of fused-ring (bicyclic) bond motifs is 5. The maximum absolute atomic E-state index is 8.93. The van der Waals surface area contributed by atoms with Crippen molar-refractivity contribution in [1.82, 2.24) is 0 Å². The second-order valence-electron chi connectivity index (χ2n) is 4.62. The minimum atomic E-state index is 0.591. The maximum atomic E-state index is 8.93. The zero-order chi connectivity index (χ0) is 8.84. The molecule has 2 heteroatoms. The second kappa shape index (κ2) is 2.60. The van der Waals surface area contributed by atoms with E-state index in [0.717, 1.165) is 24.0 Å². The van der Waals surface area contributed by atoms with Crippen molar-refractivity contribution in [2.45, 2.75) is 25.7 Å². The lowest BCUT2D eigenvalue weighted by atomic mass is 9.72. The monoisotopic (exact) mass is 177 g/mol. The van der Waals surface area contributed by atoms with Crippen LogP contribution >= 0.6 is 0 Å². The highest BCUT2D eigenvalue weighted by Crippen LogP contribution is 2.52. The van der Waals surface area contributed by atoms with Crippen molar-refractivity contribution in [3.8, 4) is 0 Å². The lowest BCUT2D eigenvalue weighted by molar-refractivity contribution is 0.283. The van der Waals surface area contributed by atoms with Crippen LogP contribution in [-0.4, -0.2) is 10.9 Å². The summed E-state index contributed by atoms with van der Waals surface area (Å²) in [5, 5.41) is 12.4. The van der Waals surface area contributed by atoms with Gasteiger partial charge in [0.25, 0.3) is 0 Å². The Bertz CT molecular complexity index is 282. The van der Waals surface area contributed by atoms with Gasteiger partial charge in [-0.3, -0.25) is 0 Å². The Morgan fingerprint density at radius 3 is 3.00 bits per heavy atom. The first-order chi connectivity index (χ1) is 6.40. The van der Waals surface area contributed by atoms with Gasteiger partial charge in [0.05, 0.1) is 5.71 Å². The Kier molecular flexibility index (Phi) is 1.52. The smallest absolute Gasteiger partial charge is 0.0610 e. The molecule has 0 radical (unpaired) electrons. The van der Waals surface area contributed by atoms with E-state index in [1.807, 2.05) is 0 Å². The molecule has 2 saturated carbocycles. The van der Waals surface area contributed by atoms with Crippen molar-refractivity contribution in [2.24, 2.45) is 28.8 Å². The van der Waals surface area contributed by atoms with Gasteiger partial charge in [-0.2, -0.15) is 0 Å². The molecule has 3 aliphatic rings. The van der Waals surface area contributed by atoms with Gasteiger partial charge in [0, 0.05) is 5.92 Å². The second-order valence-corrected chi connectivity index (χ2v) is 4.62. The van der Waals surface area contributed by atoms with Gasteiger partial charge < -0.3 is 5.21 Å². The summed E-state index contributed by atoms with van der Waals surface area (Å²) in [6.45, 7) is 0. The van der Waals surface area contributed by atoms with Crippen LogP contribution in [0.2, 0.25) is 0 Å².